The average molecular weight is 251 g/mol. The third kappa shape index (κ3) is 3.54. The highest BCUT2D eigenvalue weighted by Gasteiger charge is 2.24. The van der Waals surface area contributed by atoms with Gasteiger partial charge in [-0.05, 0) is 36.9 Å². The van der Waals surface area contributed by atoms with E-state index in [-0.39, 0.29) is 5.46 Å². The maximum Gasteiger partial charge on any atom is 0.491 e. The largest absolute Gasteiger partial charge is 0.491 e. The molecule has 0 unspecified atom stereocenters. The zero-order valence-electron chi connectivity index (χ0n) is 10.6. The van der Waals surface area contributed by atoms with Gasteiger partial charge in [0.25, 0.3) is 0 Å². The van der Waals surface area contributed by atoms with Gasteiger partial charge in [0, 0.05) is 18.6 Å². The molecule has 5 heteroatoms. The summed E-state index contributed by atoms with van der Waals surface area (Å²) in [6, 6.07) is 4.54. The Hall–Kier alpha value is -0.905. The van der Waals surface area contributed by atoms with Gasteiger partial charge in [-0.1, -0.05) is 19.1 Å². The Bertz CT molecular complexity index is 410. The lowest BCUT2D eigenvalue weighted by molar-refractivity contribution is 0.268. The van der Waals surface area contributed by atoms with Crippen molar-refractivity contribution in [2.45, 2.75) is 26.3 Å². The Labute approximate surface area is 107 Å². The quantitative estimate of drug-likeness (QED) is 0.733. The summed E-state index contributed by atoms with van der Waals surface area (Å²) in [5, 5.41) is 18.2. The van der Waals surface area contributed by atoms with E-state index >= 15 is 0 Å². The van der Waals surface area contributed by atoms with Crippen LogP contribution >= 0.6 is 0 Å². The molecule has 0 bridgehead atoms. The standard InChI is InChI=1S/C13H19BFNO2/c1-2-16(8-10-3-4-10)9-11-5-6-13(15)12(7-11)14(17)18/h5-7,10,17-18H,2-4,8-9H2,1H3. The number of nitrogens with zero attached hydrogens (tertiary/aromatic N) is 1. The van der Waals surface area contributed by atoms with Crippen LogP contribution in [0.15, 0.2) is 18.2 Å². The van der Waals surface area contributed by atoms with Crippen LogP contribution < -0.4 is 5.46 Å². The molecule has 1 aliphatic rings. The van der Waals surface area contributed by atoms with E-state index < -0.39 is 12.9 Å². The molecule has 1 fully saturated rings. The van der Waals surface area contributed by atoms with Crippen LogP contribution in [-0.2, 0) is 6.54 Å². The second-order valence-corrected chi connectivity index (χ2v) is 5.00. The van der Waals surface area contributed by atoms with Crippen LogP contribution in [0.1, 0.15) is 25.3 Å². The lowest BCUT2D eigenvalue weighted by atomic mass is 9.79. The Morgan fingerprint density at radius 3 is 2.67 bits per heavy atom. The Balaban J connectivity index is 2.04. The molecule has 1 aliphatic carbocycles. The number of hydrogen-bond acceptors (Lipinski definition) is 3. The normalized spacial score (nSPS) is 15.2. The van der Waals surface area contributed by atoms with Crippen molar-refractivity contribution in [3.8, 4) is 0 Å². The molecule has 0 atom stereocenters. The maximum absolute atomic E-state index is 13.3. The van der Waals surface area contributed by atoms with Gasteiger partial charge >= 0.3 is 7.12 Å². The van der Waals surface area contributed by atoms with E-state index in [1.54, 1.807) is 6.07 Å². The first-order valence-corrected chi connectivity index (χ1v) is 6.47. The van der Waals surface area contributed by atoms with Crippen molar-refractivity contribution in [3.63, 3.8) is 0 Å². The molecular formula is C13H19BFNO2. The fraction of sp³-hybridized carbons (Fsp3) is 0.538. The molecule has 0 aromatic heterocycles. The van der Waals surface area contributed by atoms with E-state index in [9.17, 15) is 4.39 Å². The molecule has 18 heavy (non-hydrogen) atoms. The smallest absolute Gasteiger partial charge is 0.423 e. The summed E-state index contributed by atoms with van der Waals surface area (Å²) >= 11 is 0. The SMILES string of the molecule is CCN(Cc1ccc(F)c(B(O)O)c1)CC1CC1. The van der Waals surface area contributed by atoms with Crippen LogP contribution in [0.2, 0.25) is 0 Å². The zero-order valence-corrected chi connectivity index (χ0v) is 10.6. The molecule has 2 N–H and O–H groups in total. The van der Waals surface area contributed by atoms with E-state index in [2.05, 4.69) is 11.8 Å². The summed E-state index contributed by atoms with van der Waals surface area (Å²) in [6.45, 7) is 4.86. The molecular weight excluding hydrogens is 232 g/mol. The summed E-state index contributed by atoms with van der Waals surface area (Å²) in [6.07, 6.45) is 2.61. The second-order valence-electron chi connectivity index (χ2n) is 5.00. The minimum Gasteiger partial charge on any atom is -0.423 e. The third-order valence-electron chi connectivity index (χ3n) is 3.41. The molecule has 0 aliphatic heterocycles. The van der Waals surface area contributed by atoms with Crippen molar-refractivity contribution < 1.29 is 14.4 Å². The van der Waals surface area contributed by atoms with Crippen LogP contribution in [0.25, 0.3) is 0 Å². The molecule has 0 radical (unpaired) electrons. The van der Waals surface area contributed by atoms with Crippen molar-refractivity contribution in [1.29, 1.82) is 0 Å². The Morgan fingerprint density at radius 1 is 1.39 bits per heavy atom. The first kappa shape index (κ1) is 13.5. The van der Waals surface area contributed by atoms with Gasteiger partial charge in [-0.15, -0.1) is 0 Å². The average Bonchev–Trinajstić information content (AvgIpc) is 3.14. The van der Waals surface area contributed by atoms with E-state index in [1.165, 1.54) is 25.0 Å². The molecule has 0 spiro atoms. The van der Waals surface area contributed by atoms with Crippen LogP contribution in [0.3, 0.4) is 0 Å². The van der Waals surface area contributed by atoms with Gasteiger partial charge in [0.2, 0.25) is 0 Å². The van der Waals surface area contributed by atoms with Crippen molar-refractivity contribution in [2.24, 2.45) is 5.92 Å². The van der Waals surface area contributed by atoms with Crippen LogP contribution in [0.4, 0.5) is 4.39 Å². The predicted molar refractivity (Wildman–Crippen MR) is 69.9 cm³/mol. The van der Waals surface area contributed by atoms with Crippen molar-refractivity contribution >= 4 is 12.6 Å². The number of benzene rings is 1. The fourth-order valence-corrected chi connectivity index (χ4v) is 2.12. The van der Waals surface area contributed by atoms with Gasteiger partial charge in [-0.25, -0.2) is 4.39 Å². The highest BCUT2D eigenvalue weighted by atomic mass is 19.1. The highest BCUT2D eigenvalue weighted by molar-refractivity contribution is 6.58. The molecule has 1 aromatic carbocycles. The molecule has 1 aromatic rings. The molecule has 1 saturated carbocycles. The van der Waals surface area contributed by atoms with Crippen molar-refractivity contribution in [3.05, 3.63) is 29.6 Å². The number of rotatable bonds is 6. The monoisotopic (exact) mass is 251 g/mol. The van der Waals surface area contributed by atoms with Gasteiger partial charge in [0.05, 0.1) is 0 Å². The van der Waals surface area contributed by atoms with Crippen LogP contribution in [-0.4, -0.2) is 35.2 Å². The maximum atomic E-state index is 13.3. The lowest BCUT2D eigenvalue weighted by Gasteiger charge is -2.20. The lowest BCUT2D eigenvalue weighted by Crippen LogP contribution is -2.34. The second kappa shape index (κ2) is 5.82. The van der Waals surface area contributed by atoms with Gasteiger partial charge in [0.1, 0.15) is 5.82 Å². The van der Waals surface area contributed by atoms with Crippen LogP contribution in [0, 0.1) is 11.7 Å². The summed E-state index contributed by atoms with van der Waals surface area (Å²) in [7, 11) is -1.75. The molecule has 3 nitrogen and oxygen atoms in total. The minimum absolute atomic E-state index is 0.0463. The number of hydrogen-bond donors (Lipinski definition) is 2. The first-order valence-electron chi connectivity index (χ1n) is 6.47. The van der Waals surface area contributed by atoms with Gasteiger partial charge in [-0.3, -0.25) is 4.90 Å². The van der Waals surface area contributed by atoms with Crippen molar-refractivity contribution in [2.75, 3.05) is 13.1 Å². The first-order chi connectivity index (χ1) is 8.60. The Morgan fingerprint density at radius 2 is 2.11 bits per heavy atom. The van der Waals surface area contributed by atoms with Gasteiger partial charge in [0.15, 0.2) is 0 Å². The predicted octanol–water partition coefficient (Wildman–Crippen LogP) is 0.737. The Kier molecular flexibility index (Phi) is 4.38. The van der Waals surface area contributed by atoms with E-state index in [4.69, 9.17) is 10.0 Å². The minimum atomic E-state index is -1.75. The highest BCUT2D eigenvalue weighted by Crippen LogP contribution is 2.30. The molecule has 0 amide bonds. The van der Waals surface area contributed by atoms with Gasteiger partial charge in [-0.2, -0.15) is 0 Å². The van der Waals surface area contributed by atoms with Crippen molar-refractivity contribution in [1.82, 2.24) is 4.90 Å². The van der Waals surface area contributed by atoms with Gasteiger partial charge < -0.3 is 10.0 Å². The number of halogens is 1. The molecule has 2 rings (SSSR count). The van der Waals surface area contributed by atoms with E-state index in [0.717, 1.165) is 31.1 Å². The van der Waals surface area contributed by atoms with Crippen LogP contribution in [0.5, 0.6) is 0 Å². The summed E-state index contributed by atoms with van der Waals surface area (Å²) in [5.41, 5.74) is 0.872. The summed E-state index contributed by atoms with van der Waals surface area (Å²) in [5.74, 6) is 0.243. The van der Waals surface area contributed by atoms with E-state index in [1.807, 2.05) is 0 Å². The summed E-state index contributed by atoms with van der Waals surface area (Å²) < 4.78 is 13.3. The fourth-order valence-electron chi connectivity index (χ4n) is 2.12. The zero-order chi connectivity index (χ0) is 13.1. The summed E-state index contributed by atoms with van der Waals surface area (Å²) in [4.78, 5) is 2.30. The molecule has 0 saturated heterocycles. The molecule has 0 heterocycles. The molecule has 98 valence electrons. The van der Waals surface area contributed by atoms with E-state index in [0.29, 0.717) is 0 Å². The third-order valence-corrected chi connectivity index (χ3v) is 3.41. The topological polar surface area (TPSA) is 43.7 Å².